The molecule has 1 aromatic carbocycles. The lowest BCUT2D eigenvalue weighted by molar-refractivity contribution is -0.148. The Morgan fingerprint density at radius 2 is 1.82 bits per heavy atom. The molecule has 17 heavy (non-hydrogen) atoms. The number of esters is 1. The molecular weight excluding hydrogens is 235 g/mol. The zero-order valence-corrected chi connectivity index (χ0v) is 11.1. The summed E-state index contributed by atoms with van der Waals surface area (Å²) in [5.74, 6) is -0.386. The van der Waals surface area contributed by atoms with Gasteiger partial charge in [0, 0.05) is 0 Å². The molecular formula is C13H17O3P. The van der Waals surface area contributed by atoms with Crippen LogP contribution in [0, 0.1) is 0 Å². The first-order valence-electron chi connectivity index (χ1n) is 5.74. The van der Waals surface area contributed by atoms with Gasteiger partial charge in [0.2, 0.25) is 0 Å². The largest absolute Gasteiger partial charge is 0.460 e. The van der Waals surface area contributed by atoms with Gasteiger partial charge in [0.25, 0.3) is 0 Å². The fourth-order valence-electron chi connectivity index (χ4n) is 1.56. The lowest BCUT2D eigenvalue weighted by atomic mass is 10.0. The molecule has 0 aliphatic heterocycles. The highest BCUT2D eigenvalue weighted by molar-refractivity contribution is 7.27. The average Bonchev–Trinajstić information content (AvgIpc) is 2.40. The van der Waals surface area contributed by atoms with Crippen molar-refractivity contribution in [3.8, 4) is 0 Å². The first-order chi connectivity index (χ1) is 8.18. The number of ether oxygens (including phenoxy) is 1. The second-order valence-electron chi connectivity index (χ2n) is 3.89. The molecule has 1 rings (SSSR count). The summed E-state index contributed by atoms with van der Waals surface area (Å²) in [7, 11) is -0.161. The van der Waals surface area contributed by atoms with E-state index in [1.165, 1.54) is 0 Å². The number of carbonyl (C=O) groups excluding carboxylic acids is 1. The molecule has 0 spiro atoms. The standard InChI is InChI=1S/C13H17O3P/c1-3-13(4-2,17-15)12(14)16-10-11-8-6-5-7-9-11/h5-9H,3-4,10H2,1-2H3. The van der Waals surface area contributed by atoms with E-state index in [1.54, 1.807) is 0 Å². The summed E-state index contributed by atoms with van der Waals surface area (Å²) in [6.45, 7) is 3.92. The second-order valence-corrected chi connectivity index (χ2v) is 4.93. The fraction of sp³-hybridized carbons (Fsp3) is 0.462. The summed E-state index contributed by atoms with van der Waals surface area (Å²) in [6, 6.07) is 9.47. The van der Waals surface area contributed by atoms with Crippen molar-refractivity contribution in [2.24, 2.45) is 0 Å². The van der Waals surface area contributed by atoms with Crippen molar-refractivity contribution in [1.82, 2.24) is 0 Å². The maximum Gasteiger partial charge on any atom is 0.324 e. The van der Waals surface area contributed by atoms with Gasteiger partial charge in [0.15, 0.2) is 8.46 Å². The Labute approximate surface area is 103 Å². The Bertz CT molecular complexity index is 372. The molecule has 0 radical (unpaired) electrons. The molecule has 0 atom stereocenters. The van der Waals surface area contributed by atoms with Gasteiger partial charge in [0.05, 0.1) is 0 Å². The van der Waals surface area contributed by atoms with Crippen molar-refractivity contribution in [1.29, 1.82) is 0 Å². The SMILES string of the molecule is CCC(CC)(P=O)C(=O)OCc1ccccc1. The van der Waals surface area contributed by atoms with Gasteiger partial charge in [0.1, 0.15) is 11.8 Å². The quantitative estimate of drug-likeness (QED) is 0.574. The Morgan fingerprint density at radius 1 is 1.24 bits per heavy atom. The molecule has 3 nitrogen and oxygen atoms in total. The van der Waals surface area contributed by atoms with Crippen LogP contribution < -0.4 is 0 Å². The highest BCUT2D eigenvalue weighted by atomic mass is 31.1. The van der Waals surface area contributed by atoms with E-state index in [0.717, 1.165) is 5.56 Å². The third-order valence-electron chi connectivity index (χ3n) is 2.94. The van der Waals surface area contributed by atoms with Crippen molar-refractivity contribution in [2.45, 2.75) is 38.5 Å². The van der Waals surface area contributed by atoms with Crippen LogP contribution in [0.2, 0.25) is 0 Å². The summed E-state index contributed by atoms with van der Waals surface area (Å²) >= 11 is 0. The monoisotopic (exact) mass is 252 g/mol. The molecule has 0 amide bonds. The van der Waals surface area contributed by atoms with Crippen LogP contribution in [0.1, 0.15) is 32.3 Å². The van der Waals surface area contributed by atoms with Crippen molar-refractivity contribution < 1.29 is 14.1 Å². The first kappa shape index (κ1) is 13.9. The minimum Gasteiger partial charge on any atom is -0.460 e. The van der Waals surface area contributed by atoms with Gasteiger partial charge in [-0.1, -0.05) is 44.2 Å². The summed E-state index contributed by atoms with van der Waals surface area (Å²) < 4.78 is 16.4. The van der Waals surface area contributed by atoms with Crippen LogP contribution >= 0.6 is 8.46 Å². The van der Waals surface area contributed by atoms with E-state index in [2.05, 4.69) is 0 Å². The molecule has 0 heterocycles. The third-order valence-corrected chi connectivity index (χ3v) is 4.10. The number of carbonyl (C=O) groups is 1. The van der Waals surface area contributed by atoms with Gasteiger partial charge >= 0.3 is 5.97 Å². The zero-order chi connectivity index (χ0) is 12.7. The molecule has 1 aromatic rings. The molecule has 0 fully saturated rings. The van der Waals surface area contributed by atoms with E-state index in [1.807, 2.05) is 44.2 Å². The smallest absolute Gasteiger partial charge is 0.324 e. The normalized spacial score (nSPS) is 11.4. The summed E-state index contributed by atoms with van der Waals surface area (Å²) in [5.41, 5.74) is 0.935. The van der Waals surface area contributed by atoms with Crippen LogP contribution in [0.4, 0.5) is 0 Å². The fourth-order valence-corrected chi connectivity index (χ4v) is 1.96. The minimum atomic E-state index is -0.880. The van der Waals surface area contributed by atoms with E-state index in [0.29, 0.717) is 12.8 Å². The molecule has 0 aliphatic carbocycles. The maximum absolute atomic E-state index is 11.9. The Hall–Kier alpha value is -1.21. The highest BCUT2D eigenvalue weighted by Gasteiger charge is 2.37. The van der Waals surface area contributed by atoms with Crippen LogP contribution in [0.25, 0.3) is 0 Å². The number of rotatable bonds is 6. The van der Waals surface area contributed by atoms with E-state index in [4.69, 9.17) is 4.74 Å². The van der Waals surface area contributed by atoms with E-state index in [9.17, 15) is 9.36 Å². The van der Waals surface area contributed by atoms with Gasteiger partial charge in [-0.2, -0.15) is 0 Å². The van der Waals surface area contributed by atoms with Gasteiger partial charge < -0.3 is 4.74 Å². The average molecular weight is 252 g/mol. The maximum atomic E-state index is 11.9. The lowest BCUT2D eigenvalue weighted by Gasteiger charge is -2.21. The minimum absolute atomic E-state index is 0.161. The highest BCUT2D eigenvalue weighted by Crippen LogP contribution is 2.32. The van der Waals surface area contributed by atoms with Crippen molar-refractivity contribution >= 4 is 14.4 Å². The predicted molar refractivity (Wildman–Crippen MR) is 67.2 cm³/mol. The van der Waals surface area contributed by atoms with E-state index < -0.39 is 5.16 Å². The van der Waals surface area contributed by atoms with Gasteiger partial charge in [-0.15, -0.1) is 0 Å². The predicted octanol–water partition coefficient (Wildman–Crippen LogP) is 3.58. The summed E-state index contributed by atoms with van der Waals surface area (Å²) in [5, 5.41) is -0.880. The number of hydrogen-bond donors (Lipinski definition) is 0. The molecule has 0 saturated carbocycles. The Morgan fingerprint density at radius 3 is 2.29 bits per heavy atom. The van der Waals surface area contributed by atoms with Crippen LogP contribution in [0.15, 0.2) is 30.3 Å². The van der Waals surface area contributed by atoms with Crippen LogP contribution in [-0.4, -0.2) is 11.1 Å². The van der Waals surface area contributed by atoms with Gasteiger partial charge in [-0.3, -0.25) is 9.36 Å². The van der Waals surface area contributed by atoms with Crippen molar-refractivity contribution in [3.63, 3.8) is 0 Å². The number of hydrogen-bond acceptors (Lipinski definition) is 3. The molecule has 0 unspecified atom stereocenters. The van der Waals surface area contributed by atoms with Gasteiger partial charge in [-0.25, -0.2) is 0 Å². The first-order valence-corrected chi connectivity index (χ1v) is 6.55. The molecule has 0 bridgehead atoms. The molecule has 0 aliphatic rings. The van der Waals surface area contributed by atoms with E-state index >= 15 is 0 Å². The Kier molecular flexibility index (Phi) is 5.30. The van der Waals surface area contributed by atoms with Crippen LogP contribution in [0.3, 0.4) is 0 Å². The Balaban J connectivity index is 2.63. The van der Waals surface area contributed by atoms with Gasteiger partial charge in [-0.05, 0) is 18.4 Å². The molecule has 0 aromatic heterocycles. The van der Waals surface area contributed by atoms with E-state index in [-0.39, 0.29) is 21.0 Å². The van der Waals surface area contributed by atoms with Crippen LogP contribution in [0.5, 0.6) is 0 Å². The zero-order valence-electron chi connectivity index (χ0n) is 10.2. The molecule has 92 valence electrons. The summed E-state index contributed by atoms with van der Waals surface area (Å²) in [6.07, 6.45) is 1.03. The van der Waals surface area contributed by atoms with Crippen LogP contribution in [-0.2, 0) is 20.7 Å². The molecule has 0 saturated heterocycles. The second kappa shape index (κ2) is 6.51. The van der Waals surface area contributed by atoms with Crippen molar-refractivity contribution in [3.05, 3.63) is 35.9 Å². The third kappa shape index (κ3) is 3.37. The van der Waals surface area contributed by atoms with Crippen molar-refractivity contribution in [2.75, 3.05) is 0 Å². The topological polar surface area (TPSA) is 43.4 Å². The lowest BCUT2D eigenvalue weighted by Crippen LogP contribution is -2.33. The summed E-state index contributed by atoms with van der Waals surface area (Å²) in [4.78, 5) is 11.9. The molecule has 0 N–H and O–H groups in total. The number of benzene rings is 1. The molecule has 4 heteroatoms.